The fraction of sp³-hybridized carbons (Fsp3) is 0.353. The average Bonchev–Trinajstić information content (AvgIpc) is 2.33. The van der Waals surface area contributed by atoms with Crippen LogP contribution in [0.2, 0.25) is 0 Å². The third kappa shape index (κ3) is 3.02. The summed E-state index contributed by atoms with van der Waals surface area (Å²) in [6.45, 7) is 8.11. The number of aryl methyl sites for hydroxylation is 4. The SMILES string of the molecule is Cc1ccc(C(O)Cc2c(C)cccc2C)c(C)n1. The van der Waals surface area contributed by atoms with Crippen LogP contribution in [0.4, 0.5) is 0 Å². The summed E-state index contributed by atoms with van der Waals surface area (Å²) in [5, 5.41) is 10.5. The molecule has 19 heavy (non-hydrogen) atoms. The number of aromatic nitrogens is 1. The zero-order valence-electron chi connectivity index (χ0n) is 12.1. The van der Waals surface area contributed by atoms with Crippen LogP contribution in [-0.2, 0) is 6.42 Å². The van der Waals surface area contributed by atoms with Gasteiger partial charge in [-0.25, -0.2) is 0 Å². The molecule has 0 bridgehead atoms. The van der Waals surface area contributed by atoms with E-state index in [0.717, 1.165) is 17.0 Å². The standard InChI is InChI=1S/C17H21NO/c1-11-6-5-7-12(2)16(11)10-17(19)15-9-8-13(3)18-14(15)4/h5-9,17,19H,10H2,1-4H3. The summed E-state index contributed by atoms with van der Waals surface area (Å²) < 4.78 is 0. The number of aliphatic hydroxyl groups is 1. The second-order valence-corrected chi connectivity index (χ2v) is 5.22. The van der Waals surface area contributed by atoms with Gasteiger partial charge in [-0.3, -0.25) is 4.98 Å². The molecule has 2 aromatic rings. The number of rotatable bonds is 3. The van der Waals surface area contributed by atoms with Gasteiger partial charge in [0.25, 0.3) is 0 Å². The Kier molecular flexibility index (Phi) is 4.01. The molecule has 1 heterocycles. The maximum Gasteiger partial charge on any atom is 0.0848 e. The lowest BCUT2D eigenvalue weighted by atomic mass is 9.94. The molecule has 1 atom stereocenters. The molecule has 0 saturated heterocycles. The molecule has 0 aliphatic heterocycles. The zero-order chi connectivity index (χ0) is 14.0. The third-order valence-corrected chi connectivity index (χ3v) is 3.67. The highest BCUT2D eigenvalue weighted by Crippen LogP contribution is 2.24. The number of hydrogen-bond acceptors (Lipinski definition) is 2. The van der Waals surface area contributed by atoms with E-state index in [1.165, 1.54) is 16.7 Å². The van der Waals surface area contributed by atoms with Crippen LogP contribution in [0, 0.1) is 27.7 Å². The van der Waals surface area contributed by atoms with Crippen LogP contribution in [0.1, 0.15) is 39.7 Å². The Hall–Kier alpha value is -1.67. The normalized spacial score (nSPS) is 12.5. The van der Waals surface area contributed by atoms with Gasteiger partial charge >= 0.3 is 0 Å². The van der Waals surface area contributed by atoms with Crippen LogP contribution < -0.4 is 0 Å². The summed E-state index contributed by atoms with van der Waals surface area (Å²) in [6.07, 6.45) is 0.150. The van der Waals surface area contributed by atoms with E-state index < -0.39 is 6.10 Å². The number of aliphatic hydroxyl groups excluding tert-OH is 1. The van der Waals surface area contributed by atoms with E-state index in [1.54, 1.807) is 0 Å². The van der Waals surface area contributed by atoms with Gasteiger partial charge in [-0.1, -0.05) is 24.3 Å². The van der Waals surface area contributed by atoms with E-state index in [2.05, 4.69) is 37.0 Å². The summed E-state index contributed by atoms with van der Waals surface area (Å²) in [5.41, 5.74) is 6.52. The minimum atomic E-state index is -0.493. The predicted molar refractivity (Wildman–Crippen MR) is 78.3 cm³/mol. The molecule has 0 aliphatic carbocycles. The third-order valence-electron chi connectivity index (χ3n) is 3.67. The van der Waals surface area contributed by atoms with Crippen LogP contribution in [0.25, 0.3) is 0 Å². The van der Waals surface area contributed by atoms with Crippen molar-refractivity contribution in [3.8, 4) is 0 Å². The van der Waals surface area contributed by atoms with Gasteiger partial charge < -0.3 is 5.11 Å². The van der Waals surface area contributed by atoms with E-state index in [1.807, 2.05) is 26.0 Å². The average molecular weight is 255 g/mol. The Bertz CT molecular complexity index is 570. The van der Waals surface area contributed by atoms with Gasteiger partial charge in [-0.05, 0) is 50.5 Å². The second-order valence-electron chi connectivity index (χ2n) is 5.22. The fourth-order valence-corrected chi connectivity index (χ4v) is 2.52. The van der Waals surface area contributed by atoms with Crippen molar-refractivity contribution in [2.24, 2.45) is 0 Å². The molecule has 2 rings (SSSR count). The first kappa shape index (κ1) is 13.8. The molecule has 1 aromatic heterocycles. The Morgan fingerprint density at radius 2 is 1.63 bits per heavy atom. The number of benzene rings is 1. The molecule has 0 amide bonds. The summed E-state index contributed by atoms with van der Waals surface area (Å²) in [7, 11) is 0. The second kappa shape index (κ2) is 5.54. The molecule has 0 saturated carbocycles. The molecule has 100 valence electrons. The lowest BCUT2D eigenvalue weighted by Crippen LogP contribution is -2.07. The van der Waals surface area contributed by atoms with Crippen LogP contribution in [0.15, 0.2) is 30.3 Å². The molecule has 1 aromatic carbocycles. The van der Waals surface area contributed by atoms with Crippen molar-refractivity contribution in [3.63, 3.8) is 0 Å². The van der Waals surface area contributed by atoms with E-state index in [4.69, 9.17) is 0 Å². The lowest BCUT2D eigenvalue weighted by molar-refractivity contribution is 0.177. The quantitative estimate of drug-likeness (QED) is 0.909. The first-order valence-electron chi connectivity index (χ1n) is 6.66. The largest absolute Gasteiger partial charge is 0.388 e. The van der Waals surface area contributed by atoms with Crippen molar-refractivity contribution in [3.05, 3.63) is 64.0 Å². The Balaban J connectivity index is 2.28. The summed E-state index contributed by atoms with van der Waals surface area (Å²) in [5.74, 6) is 0. The fourth-order valence-electron chi connectivity index (χ4n) is 2.52. The first-order valence-corrected chi connectivity index (χ1v) is 6.66. The molecule has 1 unspecified atom stereocenters. The van der Waals surface area contributed by atoms with E-state index in [-0.39, 0.29) is 0 Å². The molecule has 0 spiro atoms. The van der Waals surface area contributed by atoms with Crippen molar-refractivity contribution in [2.45, 2.75) is 40.2 Å². The molecule has 1 N–H and O–H groups in total. The highest BCUT2D eigenvalue weighted by atomic mass is 16.3. The molecular formula is C17H21NO. The van der Waals surface area contributed by atoms with Gasteiger partial charge in [0.2, 0.25) is 0 Å². The van der Waals surface area contributed by atoms with Gasteiger partial charge in [0, 0.05) is 23.4 Å². The predicted octanol–water partition coefficient (Wildman–Crippen LogP) is 3.59. The highest BCUT2D eigenvalue weighted by molar-refractivity contribution is 5.35. The van der Waals surface area contributed by atoms with Gasteiger partial charge in [-0.15, -0.1) is 0 Å². The van der Waals surface area contributed by atoms with Gasteiger partial charge in [-0.2, -0.15) is 0 Å². The maximum atomic E-state index is 10.5. The van der Waals surface area contributed by atoms with E-state index in [9.17, 15) is 5.11 Å². The van der Waals surface area contributed by atoms with E-state index in [0.29, 0.717) is 6.42 Å². The molecule has 0 aliphatic rings. The van der Waals surface area contributed by atoms with Crippen LogP contribution in [-0.4, -0.2) is 10.1 Å². The minimum Gasteiger partial charge on any atom is -0.388 e. The Morgan fingerprint density at radius 1 is 1.00 bits per heavy atom. The van der Waals surface area contributed by atoms with Gasteiger partial charge in [0.05, 0.1) is 6.10 Å². The summed E-state index contributed by atoms with van der Waals surface area (Å²) in [4.78, 5) is 4.42. The highest BCUT2D eigenvalue weighted by Gasteiger charge is 2.14. The van der Waals surface area contributed by atoms with Gasteiger partial charge in [0.15, 0.2) is 0 Å². The molecule has 2 nitrogen and oxygen atoms in total. The molecule has 0 radical (unpaired) electrons. The van der Waals surface area contributed by atoms with Crippen LogP contribution >= 0.6 is 0 Å². The van der Waals surface area contributed by atoms with Crippen LogP contribution in [0.5, 0.6) is 0 Å². The van der Waals surface area contributed by atoms with Gasteiger partial charge in [0.1, 0.15) is 0 Å². The lowest BCUT2D eigenvalue weighted by Gasteiger charge is -2.16. The Morgan fingerprint density at radius 3 is 2.21 bits per heavy atom. The van der Waals surface area contributed by atoms with Crippen molar-refractivity contribution in [1.82, 2.24) is 4.98 Å². The van der Waals surface area contributed by atoms with Crippen LogP contribution in [0.3, 0.4) is 0 Å². The summed E-state index contributed by atoms with van der Waals surface area (Å²) >= 11 is 0. The van der Waals surface area contributed by atoms with Crippen molar-refractivity contribution in [2.75, 3.05) is 0 Å². The molecular weight excluding hydrogens is 234 g/mol. The smallest absolute Gasteiger partial charge is 0.0848 e. The monoisotopic (exact) mass is 255 g/mol. The van der Waals surface area contributed by atoms with Crippen molar-refractivity contribution < 1.29 is 5.11 Å². The van der Waals surface area contributed by atoms with Crippen molar-refractivity contribution in [1.29, 1.82) is 0 Å². The maximum absolute atomic E-state index is 10.5. The minimum absolute atomic E-state index is 0.493. The number of pyridine rings is 1. The van der Waals surface area contributed by atoms with Crippen molar-refractivity contribution >= 4 is 0 Å². The van der Waals surface area contributed by atoms with E-state index >= 15 is 0 Å². The first-order chi connectivity index (χ1) is 8.99. The number of nitrogens with zero attached hydrogens (tertiary/aromatic N) is 1. The number of hydrogen-bond donors (Lipinski definition) is 1. The topological polar surface area (TPSA) is 33.1 Å². The summed E-state index contributed by atoms with van der Waals surface area (Å²) in [6, 6.07) is 10.2. The Labute approximate surface area is 115 Å². The molecule has 0 fully saturated rings. The molecule has 2 heteroatoms. The zero-order valence-corrected chi connectivity index (χ0v) is 12.1.